The van der Waals surface area contributed by atoms with Gasteiger partial charge in [-0.1, -0.05) is 42.0 Å². The Hall–Kier alpha value is -3.52. The fraction of sp³-hybridized carbons (Fsp3) is 0.174. The number of rotatable bonds is 4. The molecule has 1 aliphatic heterocycles. The Balaban J connectivity index is 1.67. The second-order valence-electron chi connectivity index (χ2n) is 7.10. The molecular formula is C23H21NO6S. The van der Waals surface area contributed by atoms with Gasteiger partial charge in [-0.2, -0.15) is 0 Å². The number of methoxy groups -OCH3 is 1. The predicted molar refractivity (Wildman–Crippen MR) is 114 cm³/mol. The third kappa shape index (κ3) is 4.34. The highest BCUT2D eigenvalue weighted by Crippen LogP contribution is 2.40. The van der Waals surface area contributed by atoms with Crippen molar-refractivity contribution in [2.75, 3.05) is 7.11 Å². The van der Waals surface area contributed by atoms with Gasteiger partial charge in [-0.3, -0.25) is 0 Å². The van der Waals surface area contributed by atoms with E-state index < -0.39 is 22.2 Å². The van der Waals surface area contributed by atoms with Crippen LogP contribution in [0.2, 0.25) is 0 Å². The van der Waals surface area contributed by atoms with E-state index in [1.54, 1.807) is 30.3 Å². The molecule has 0 spiro atoms. The van der Waals surface area contributed by atoms with Gasteiger partial charge < -0.3 is 14.2 Å². The number of ether oxygens (including phenoxy) is 3. The van der Waals surface area contributed by atoms with Crippen LogP contribution in [0.1, 0.15) is 28.4 Å². The molecule has 0 saturated carbocycles. The van der Waals surface area contributed by atoms with Crippen LogP contribution < -0.4 is 14.2 Å². The van der Waals surface area contributed by atoms with E-state index in [1.807, 2.05) is 35.9 Å². The van der Waals surface area contributed by atoms with Crippen molar-refractivity contribution in [3.63, 3.8) is 0 Å². The van der Waals surface area contributed by atoms with Gasteiger partial charge in [0.2, 0.25) is 0 Å². The van der Waals surface area contributed by atoms with E-state index in [2.05, 4.69) is 0 Å². The first-order valence-corrected chi connectivity index (χ1v) is 11.0. The first kappa shape index (κ1) is 20.7. The molecule has 1 aliphatic rings. The summed E-state index contributed by atoms with van der Waals surface area (Å²) in [5.41, 5.74) is 3.00. The molecule has 160 valence electrons. The van der Waals surface area contributed by atoms with Crippen LogP contribution >= 0.6 is 0 Å². The van der Waals surface area contributed by atoms with Crippen LogP contribution in [0.25, 0.3) is 0 Å². The second kappa shape index (κ2) is 8.31. The van der Waals surface area contributed by atoms with Crippen LogP contribution in [-0.4, -0.2) is 21.6 Å². The van der Waals surface area contributed by atoms with Crippen LogP contribution in [0.4, 0.5) is 4.79 Å². The SMILES string of the molecule is COc1ccc2c(c1)[C@H](OC(=O)NS(=O)(=O)c1ccc(C)cc1)c1ccccc1CO2. The summed E-state index contributed by atoms with van der Waals surface area (Å²) >= 11 is 0. The van der Waals surface area contributed by atoms with Crippen LogP contribution in [0.15, 0.2) is 71.6 Å². The van der Waals surface area contributed by atoms with Crippen molar-refractivity contribution in [2.45, 2.75) is 24.5 Å². The first-order chi connectivity index (χ1) is 14.9. The molecule has 0 bridgehead atoms. The van der Waals surface area contributed by atoms with Crippen molar-refractivity contribution in [3.05, 3.63) is 89.0 Å². The number of hydrogen-bond acceptors (Lipinski definition) is 6. The molecule has 1 atom stereocenters. The number of benzene rings is 3. The van der Waals surface area contributed by atoms with E-state index in [1.165, 1.54) is 19.2 Å². The largest absolute Gasteiger partial charge is 0.497 e. The van der Waals surface area contributed by atoms with Gasteiger partial charge >= 0.3 is 6.09 Å². The van der Waals surface area contributed by atoms with Crippen molar-refractivity contribution in [2.24, 2.45) is 0 Å². The van der Waals surface area contributed by atoms with Gasteiger partial charge in [0.15, 0.2) is 6.10 Å². The smallest absolute Gasteiger partial charge is 0.422 e. The number of amides is 1. The van der Waals surface area contributed by atoms with Crippen molar-refractivity contribution >= 4 is 16.1 Å². The normalized spacial score (nSPS) is 15.0. The van der Waals surface area contributed by atoms with Gasteiger partial charge in [0.1, 0.15) is 18.1 Å². The van der Waals surface area contributed by atoms with Gasteiger partial charge in [0.25, 0.3) is 10.0 Å². The lowest BCUT2D eigenvalue weighted by atomic mass is 9.97. The topological polar surface area (TPSA) is 90.9 Å². The van der Waals surface area contributed by atoms with Crippen molar-refractivity contribution < 1.29 is 27.4 Å². The van der Waals surface area contributed by atoms with E-state index in [9.17, 15) is 13.2 Å². The minimum absolute atomic E-state index is 0.0262. The van der Waals surface area contributed by atoms with Gasteiger partial charge in [-0.25, -0.2) is 17.9 Å². The summed E-state index contributed by atoms with van der Waals surface area (Å²) in [6.07, 6.45) is -1.96. The summed E-state index contributed by atoms with van der Waals surface area (Å²) in [4.78, 5) is 12.6. The lowest BCUT2D eigenvalue weighted by Gasteiger charge is -2.20. The second-order valence-corrected chi connectivity index (χ2v) is 8.78. The highest BCUT2D eigenvalue weighted by Gasteiger charge is 2.30. The highest BCUT2D eigenvalue weighted by molar-refractivity contribution is 7.90. The van der Waals surface area contributed by atoms with E-state index in [0.717, 1.165) is 11.1 Å². The number of hydrogen-bond donors (Lipinski definition) is 1. The number of sulfonamides is 1. The summed E-state index contributed by atoms with van der Waals surface area (Å²) in [6.45, 7) is 2.13. The Labute approximate surface area is 180 Å². The molecule has 31 heavy (non-hydrogen) atoms. The van der Waals surface area contributed by atoms with Crippen LogP contribution in [0.3, 0.4) is 0 Å². The minimum Gasteiger partial charge on any atom is -0.497 e. The van der Waals surface area contributed by atoms with Crippen molar-refractivity contribution in [1.29, 1.82) is 0 Å². The monoisotopic (exact) mass is 439 g/mol. The highest BCUT2D eigenvalue weighted by atomic mass is 32.2. The van der Waals surface area contributed by atoms with E-state index in [0.29, 0.717) is 29.2 Å². The molecule has 0 radical (unpaired) electrons. The van der Waals surface area contributed by atoms with Crippen molar-refractivity contribution in [3.8, 4) is 11.5 Å². The fourth-order valence-corrected chi connectivity index (χ4v) is 4.26. The molecule has 1 heterocycles. The number of fused-ring (bicyclic) bond motifs is 2. The number of carbonyl (C=O) groups is 1. The van der Waals surface area contributed by atoms with Gasteiger partial charge in [-0.15, -0.1) is 0 Å². The Morgan fingerprint density at radius 3 is 2.52 bits per heavy atom. The molecule has 7 nitrogen and oxygen atoms in total. The molecule has 1 N–H and O–H groups in total. The Morgan fingerprint density at radius 1 is 1.03 bits per heavy atom. The Morgan fingerprint density at radius 2 is 1.77 bits per heavy atom. The van der Waals surface area contributed by atoms with E-state index >= 15 is 0 Å². The predicted octanol–water partition coefficient (Wildman–Crippen LogP) is 4.10. The molecule has 0 aliphatic carbocycles. The molecule has 0 aromatic heterocycles. The third-order valence-corrected chi connectivity index (χ3v) is 6.32. The zero-order valence-electron chi connectivity index (χ0n) is 17.0. The standard InChI is InChI=1S/C23H21NO6S/c1-15-7-10-18(11-8-15)31(26,27)24-23(25)30-22-19-6-4-3-5-16(19)14-29-21-12-9-17(28-2)13-20(21)22/h3-13,22H,14H2,1-2H3,(H,24,25)/t22-/m1/s1. The quantitative estimate of drug-likeness (QED) is 0.658. The maximum absolute atomic E-state index is 12.7. The molecule has 0 saturated heterocycles. The minimum atomic E-state index is -4.08. The summed E-state index contributed by atoms with van der Waals surface area (Å²) in [5, 5.41) is 0. The van der Waals surface area contributed by atoms with E-state index in [-0.39, 0.29) is 4.90 Å². The summed E-state index contributed by atoms with van der Waals surface area (Å²) in [5.74, 6) is 1.08. The summed E-state index contributed by atoms with van der Waals surface area (Å²) < 4.78 is 44.0. The molecule has 8 heteroatoms. The van der Waals surface area contributed by atoms with Gasteiger partial charge in [-0.05, 0) is 42.8 Å². The fourth-order valence-electron chi connectivity index (χ4n) is 3.38. The molecule has 3 aromatic rings. The summed E-state index contributed by atoms with van der Waals surface area (Å²) in [6, 6.07) is 18.7. The van der Waals surface area contributed by atoms with Crippen LogP contribution in [0.5, 0.6) is 11.5 Å². The molecule has 3 aromatic carbocycles. The van der Waals surface area contributed by atoms with Crippen LogP contribution in [-0.2, 0) is 21.4 Å². The maximum Gasteiger partial charge on any atom is 0.422 e. The lowest BCUT2D eigenvalue weighted by Crippen LogP contribution is -2.32. The van der Waals surface area contributed by atoms with Gasteiger partial charge in [0.05, 0.1) is 12.0 Å². The average molecular weight is 439 g/mol. The molecular weight excluding hydrogens is 418 g/mol. The Kier molecular flexibility index (Phi) is 5.56. The molecule has 0 unspecified atom stereocenters. The number of carbonyl (C=O) groups excluding carboxylic acids is 1. The summed E-state index contributed by atoms with van der Waals surface area (Å²) in [7, 11) is -2.55. The third-order valence-electron chi connectivity index (χ3n) is 4.99. The van der Waals surface area contributed by atoms with Crippen molar-refractivity contribution in [1.82, 2.24) is 4.72 Å². The number of aryl methyl sites for hydroxylation is 1. The maximum atomic E-state index is 12.7. The molecule has 1 amide bonds. The van der Waals surface area contributed by atoms with Crippen LogP contribution in [0, 0.1) is 6.92 Å². The Bertz CT molecular complexity index is 1220. The molecule has 4 rings (SSSR count). The number of nitrogens with one attached hydrogen (secondary N) is 1. The zero-order chi connectivity index (χ0) is 22.0. The first-order valence-electron chi connectivity index (χ1n) is 9.56. The zero-order valence-corrected chi connectivity index (χ0v) is 17.8. The average Bonchev–Trinajstić information content (AvgIpc) is 2.90. The lowest BCUT2D eigenvalue weighted by molar-refractivity contribution is 0.122. The molecule has 0 fully saturated rings. The van der Waals surface area contributed by atoms with E-state index in [4.69, 9.17) is 14.2 Å². The van der Waals surface area contributed by atoms with Gasteiger partial charge in [0, 0.05) is 11.1 Å².